The second kappa shape index (κ2) is 7.07. The molecule has 136 valence electrons. The molecule has 1 fully saturated rings. The summed E-state index contributed by atoms with van der Waals surface area (Å²) in [4.78, 5) is 12.0. The Morgan fingerprint density at radius 3 is 2.84 bits per heavy atom. The maximum Gasteiger partial charge on any atom is 0.258 e. The zero-order valence-electron chi connectivity index (χ0n) is 14.6. The Kier molecular flexibility index (Phi) is 5.03. The molecular weight excluding hydrogens is 340 g/mol. The molecule has 1 atom stereocenters. The molecule has 1 aliphatic rings. The summed E-state index contributed by atoms with van der Waals surface area (Å²) in [6, 6.07) is 7.48. The third-order valence-electron chi connectivity index (χ3n) is 4.29. The third kappa shape index (κ3) is 4.34. The van der Waals surface area contributed by atoms with E-state index in [-0.39, 0.29) is 30.1 Å². The molecule has 1 saturated heterocycles. The Balaban J connectivity index is 1.63. The standard InChI is InChI=1S/C18H24N2O4S/c1-13(2)10-20-8-6-15-16(20)4-3-5-17(15)24-11-18(21)19-14-7-9-25(22,23)12-14/h3-6,8,13-14H,7,9-12H2,1-2H3,(H,19,21)/t14-/m1/s1. The van der Waals surface area contributed by atoms with Crippen molar-refractivity contribution >= 4 is 26.6 Å². The first-order chi connectivity index (χ1) is 11.8. The zero-order valence-corrected chi connectivity index (χ0v) is 15.4. The van der Waals surface area contributed by atoms with E-state index in [0.29, 0.717) is 18.1 Å². The molecule has 0 bridgehead atoms. The summed E-state index contributed by atoms with van der Waals surface area (Å²) in [5.74, 6) is 1.07. The molecule has 0 radical (unpaired) electrons. The van der Waals surface area contributed by atoms with Crippen LogP contribution in [0.3, 0.4) is 0 Å². The molecule has 2 heterocycles. The number of aromatic nitrogens is 1. The quantitative estimate of drug-likeness (QED) is 0.850. The van der Waals surface area contributed by atoms with Crippen molar-refractivity contribution in [3.63, 3.8) is 0 Å². The second-order valence-corrected chi connectivity index (χ2v) is 9.24. The number of benzene rings is 1. The topological polar surface area (TPSA) is 77.4 Å². The number of ether oxygens (including phenoxy) is 1. The van der Waals surface area contributed by atoms with Gasteiger partial charge in [0.1, 0.15) is 5.75 Å². The molecule has 1 amide bonds. The van der Waals surface area contributed by atoms with Crippen LogP contribution in [0.4, 0.5) is 0 Å². The van der Waals surface area contributed by atoms with E-state index in [2.05, 4.69) is 23.7 Å². The maximum absolute atomic E-state index is 12.0. The Labute approximate surface area is 148 Å². The van der Waals surface area contributed by atoms with Gasteiger partial charge in [-0.15, -0.1) is 0 Å². The highest BCUT2D eigenvalue weighted by atomic mass is 32.2. The van der Waals surface area contributed by atoms with Crippen LogP contribution in [0.1, 0.15) is 20.3 Å². The minimum atomic E-state index is -3.00. The van der Waals surface area contributed by atoms with Crippen molar-refractivity contribution in [1.29, 1.82) is 0 Å². The van der Waals surface area contributed by atoms with Gasteiger partial charge < -0.3 is 14.6 Å². The van der Waals surface area contributed by atoms with Gasteiger partial charge in [-0.2, -0.15) is 0 Å². The fourth-order valence-corrected chi connectivity index (χ4v) is 4.87. The Morgan fingerprint density at radius 2 is 2.16 bits per heavy atom. The van der Waals surface area contributed by atoms with E-state index < -0.39 is 9.84 Å². The van der Waals surface area contributed by atoms with E-state index in [1.807, 2.05) is 30.5 Å². The summed E-state index contributed by atoms with van der Waals surface area (Å²) in [5, 5.41) is 3.71. The van der Waals surface area contributed by atoms with Gasteiger partial charge in [0, 0.05) is 24.2 Å². The number of nitrogens with one attached hydrogen (secondary N) is 1. The number of hydrogen-bond donors (Lipinski definition) is 1. The highest BCUT2D eigenvalue weighted by Crippen LogP contribution is 2.27. The minimum Gasteiger partial charge on any atom is -0.483 e. The van der Waals surface area contributed by atoms with Crippen molar-refractivity contribution in [1.82, 2.24) is 9.88 Å². The molecule has 25 heavy (non-hydrogen) atoms. The third-order valence-corrected chi connectivity index (χ3v) is 6.06. The second-order valence-electron chi connectivity index (χ2n) is 7.01. The molecule has 1 aromatic carbocycles. The van der Waals surface area contributed by atoms with Crippen molar-refractivity contribution < 1.29 is 17.9 Å². The lowest BCUT2D eigenvalue weighted by Crippen LogP contribution is -2.38. The van der Waals surface area contributed by atoms with E-state index in [1.54, 1.807) is 0 Å². The Hall–Kier alpha value is -2.02. The fraction of sp³-hybridized carbons (Fsp3) is 0.500. The summed E-state index contributed by atoms with van der Waals surface area (Å²) >= 11 is 0. The zero-order chi connectivity index (χ0) is 18.0. The molecule has 3 rings (SSSR count). The molecule has 7 heteroatoms. The van der Waals surface area contributed by atoms with E-state index in [9.17, 15) is 13.2 Å². The molecule has 1 aromatic heterocycles. The predicted octanol–water partition coefficient (Wildman–Crippen LogP) is 1.98. The molecule has 0 aliphatic carbocycles. The van der Waals surface area contributed by atoms with Gasteiger partial charge in [-0.3, -0.25) is 4.79 Å². The number of hydrogen-bond acceptors (Lipinski definition) is 4. The summed E-state index contributed by atoms with van der Waals surface area (Å²) in [5.41, 5.74) is 1.08. The van der Waals surface area contributed by atoms with Crippen LogP contribution in [0, 0.1) is 5.92 Å². The Morgan fingerprint density at radius 1 is 1.36 bits per heavy atom. The monoisotopic (exact) mass is 364 g/mol. The van der Waals surface area contributed by atoms with Crippen LogP contribution in [-0.4, -0.2) is 43.0 Å². The summed E-state index contributed by atoms with van der Waals surface area (Å²) in [7, 11) is -3.00. The first-order valence-corrected chi connectivity index (χ1v) is 10.4. The van der Waals surface area contributed by atoms with Crippen molar-refractivity contribution in [2.75, 3.05) is 18.1 Å². The maximum atomic E-state index is 12.0. The molecule has 0 unspecified atom stereocenters. The lowest BCUT2D eigenvalue weighted by molar-refractivity contribution is -0.123. The summed E-state index contributed by atoms with van der Waals surface area (Å²) in [6.07, 6.45) is 2.50. The van der Waals surface area contributed by atoms with E-state index in [4.69, 9.17) is 4.74 Å². The smallest absolute Gasteiger partial charge is 0.258 e. The van der Waals surface area contributed by atoms with Gasteiger partial charge >= 0.3 is 0 Å². The van der Waals surface area contributed by atoms with Crippen molar-refractivity contribution in [2.24, 2.45) is 5.92 Å². The van der Waals surface area contributed by atoms with E-state index >= 15 is 0 Å². The lowest BCUT2D eigenvalue weighted by Gasteiger charge is -2.13. The van der Waals surface area contributed by atoms with Crippen LogP contribution in [0.5, 0.6) is 5.75 Å². The largest absolute Gasteiger partial charge is 0.483 e. The van der Waals surface area contributed by atoms with Crippen LogP contribution < -0.4 is 10.1 Å². The Bertz CT molecular complexity index is 870. The van der Waals surface area contributed by atoms with Gasteiger partial charge in [-0.1, -0.05) is 19.9 Å². The van der Waals surface area contributed by atoms with Crippen molar-refractivity contribution in [2.45, 2.75) is 32.9 Å². The van der Waals surface area contributed by atoms with Gasteiger partial charge in [0.2, 0.25) is 0 Å². The number of amides is 1. The number of carbonyl (C=O) groups excluding carboxylic acids is 1. The number of fused-ring (bicyclic) bond motifs is 1. The molecule has 0 saturated carbocycles. The van der Waals surface area contributed by atoms with Crippen LogP contribution >= 0.6 is 0 Å². The van der Waals surface area contributed by atoms with Gasteiger partial charge in [0.05, 0.1) is 17.0 Å². The van der Waals surface area contributed by atoms with Gasteiger partial charge in [-0.25, -0.2) is 8.42 Å². The van der Waals surface area contributed by atoms with Gasteiger partial charge in [-0.05, 0) is 30.5 Å². The van der Waals surface area contributed by atoms with Crippen LogP contribution in [0.2, 0.25) is 0 Å². The molecule has 2 aromatic rings. The lowest BCUT2D eigenvalue weighted by atomic mass is 10.2. The predicted molar refractivity (Wildman–Crippen MR) is 97.5 cm³/mol. The number of rotatable bonds is 6. The molecular formula is C18H24N2O4S. The van der Waals surface area contributed by atoms with Crippen molar-refractivity contribution in [3.8, 4) is 5.75 Å². The minimum absolute atomic E-state index is 0.0202. The van der Waals surface area contributed by atoms with E-state index in [0.717, 1.165) is 17.4 Å². The SMILES string of the molecule is CC(C)Cn1ccc2c(OCC(=O)N[C@@H]3CCS(=O)(=O)C3)cccc21. The number of nitrogens with zero attached hydrogens (tertiary/aromatic N) is 1. The highest BCUT2D eigenvalue weighted by Gasteiger charge is 2.28. The van der Waals surface area contributed by atoms with Gasteiger partial charge in [0.15, 0.2) is 16.4 Å². The normalized spacial score (nSPS) is 19.4. The molecule has 1 N–H and O–H groups in total. The molecule has 1 aliphatic heterocycles. The highest BCUT2D eigenvalue weighted by molar-refractivity contribution is 7.91. The average molecular weight is 364 g/mol. The van der Waals surface area contributed by atoms with Crippen molar-refractivity contribution in [3.05, 3.63) is 30.5 Å². The fourth-order valence-electron chi connectivity index (χ4n) is 3.20. The summed E-state index contributed by atoms with van der Waals surface area (Å²) < 4.78 is 30.7. The molecule has 6 nitrogen and oxygen atoms in total. The average Bonchev–Trinajstić information content (AvgIpc) is 3.08. The van der Waals surface area contributed by atoms with E-state index in [1.165, 1.54) is 0 Å². The van der Waals surface area contributed by atoms with Crippen LogP contribution in [-0.2, 0) is 21.2 Å². The van der Waals surface area contributed by atoms with Gasteiger partial charge in [0.25, 0.3) is 5.91 Å². The van der Waals surface area contributed by atoms with Crippen LogP contribution in [0.15, 0.2) is 30.5 Å². The van der Waals surface area contributed by atoms with Crippen LogP contribution in [0.25, 0.3) is 10.9 Å². The number of sulfone groups is 1. The number of carbonyl (C=O) groups is 1. The molecule has 0 spiro atoms. The summed E-state index contributed by atoms with van der Waals surface area (Å²) in [6.45, 7) is 5.13. The first-order valence-electron chi connectivity index (χ1n) is 8.54. The first kappa shape index (κ1) is 17.8.